The standard InChI is InChI=1S/C17H31NO6/c1-2-3-4-5-6-7-8-9-11-18(12-10-15(19)20)14(17(23)24)13-16(21)22/h14H,2-13H2,1H3,(H,19,20)(H,21,22)(H,23,24)/t14-/m0/s1. The Labute approximate surface area is 143 Å². The van der Waals surface area contributed by atoms with Crippen LogP contribution >= 0.6 is 0 Å². The van der Waals surface area contributed by atoms with Gasteiger partial charge in [0, 0.05) is 6.54 Å². The summed E-state index contributed by atoms with van der Waals surface area (Å²) in [4.78, 5) is 34.4. The van der Waals surface area contributed by atoms with Crippen LogP contribution in [0.4, 0.5) is 0 Å². The van der Waals surface area contributed by atoms with Gasteiger partial charge < -0.3 is 15.3 Å². The third-order valence-electron chi connectivity index (χ3n) is 4.01. The van der Waals surface area contributed by atoms with Crippen LogP contribution < -0.4 is 0 Å². The van der Waals surface area contributed by atoms with Gasteiger partial charge in [0.25, 0.3) is 0 Å². The van der Waals surface area contributed by atoms with E-state index >= 15 is 0 Å². The smallest absolute Gasteiger partial charge is 0.321 e. The van der Waals surface area contributed by atoms with Crippen LogP contribution in [-0.4, -0.2) is 57.3 Å². The van der Waals surface area contributed by atoms with Crippen LogP contribution in [0, 0.1) is 0 Å². The molecule has 0 aromatic rings. The molecule has 0 saturated heterocycles. The maximum atomic E-state index is 11.3. The van der Waals surface area contributed by atoms with Crippen LogP contribution in [-0.2, 0) is 14.4 Å². The molecule has 0 aromatic heterocycles. The monoisotopic (exact) mass is 345 g/mol. The average Bonchev–Trinajstić information content (AvgIpc) is 2.50. The molecular formula is C17H31NO6. The van der Waals surface area contributed by atoms with Gasteiger partial charge in [-0.05, 0) is 13.0 Å². The second kappa shape index (κ2) is 13.8. The topological polar surface area (TPSA) is 115 Å². The van der Waals surface area contributed by atoms with Crippen molar-refractivity contribution in [1.82, 2.24) is 4.90 Å². The predicted octanol–water partition coefficient (Wildman–Crippen LogP) is 2.83. The van der Waals surface area contributed by atoms with E-state index < -0.39 is 30.4 Å². The summed E-state index contributed by atoms with van der Waals surface area (Å²) < 4.78 is 0. The van der Waals surface area contributed by atoms with E-state index in [1.807, 2.05) is 0 Å². The minimum Gasteiger partial charge on any atom is -0.481 e. The first-order chi connectivity index (χ1) is 11.4. The number of hydrogen-bond donors (Lipinski definition) is 3. The number of carboxylic acid groups (broad SMARTS) is 3. The molecule has 0 aliphatic heterocycles. The maximum absolute atomic E-state index is 11.3. The van der Waals surface area contributed by atoms with Gasteiger partial charge in [0.15, 0.2) is 0 Å². The van der Waals surface area contributed by atoms with Crippen LogP contribution in [0.1, 0.15) is 71.1 Å². The van der Waals surface area contributed by atoms with Gasteiger partial charge in [-0.15, -0.1) is 0 Å². The summed E-state index contributed by atoms with van der Waals surface area (Å²) in [6.45, 7) is 2.63. The van der Waals surface area contributed by atoms with Gasteiger partial charge in [0.1, 0.15) is 6.04 Å². The minimum atomic E-state index is -1.22. The number of carbonyl (C=O) groups is 3. The van der Waals surface area contributed by atoms with Gasteiger partial charge in [0.05, 0.1) is 12.8 Å². The summed E-state index contributed by atoms with van der Waals surface area (Å²) in [7, 11) is 0. The van der Waals surface area contributed by atoms with Crippen molar-refractivity contribution in [3.63, 3.8) is 0 Å². The van der Waals surface area contributed by atoms with Crippen molar-refractivity contribution >= 4 is 17.9 Å². The Morgan fingerprint density at radius 3 is 1.79 bits per heavy atom. The lowest BCUT2D eigenvalue weighted by Gasteiger charge is -2.27. The summed E-state index contributed by atoms with van der Waals surface area (Å²) in [6, 6.07) is -1.17. The lowest BCUT2D eigenvalue weighted by Crippen LogP contribution is -2.44. The highest BCUT2D eigenvalue weighted by Crippen LogP contribution is 2.12. The molecule has 0 aliphatic carbocycles. The number of rotatable bonds is 16. The molecule has 7 heteroatoms. The fourth-order valence-corrected chi connectivity index (χ4v) is 2.65. The van der Waals surface area contributed by atoms with E-state index in [0.29, 0.717) is 6.54 Å². The Kier molecular flexibility index (Phi) is 12.8. The fourth-order valence-electron chi connectivity index (χ4n) is 2.65. The highest BCUT2D eigenvalue weighted by atomic mass is 16.4. The first-order valence-electron chi connectivity index (χ1n) is 8.78. The molecule has 0 fully saturated rings. The molecule has 3 N–H and O–H groups in total. The quantitative estimate of drug-likeness (QED) is 0.368. The van der Waals surface area contributed by atoms with E-state index in [2.05, 4.69) is 6.92 Å². The van der Waals surface area contributed by atoms with E-state index in [1.54, 1.807) is 0 Å². The molecule has 0 saturated carbocycles. The molecule has 0 spiro atoms. The zero-order valence-electron chi connectivity index (χ0n) is 14.6. The normalized spacial score (nSPS) is 12.2. The molecule has 0 radical (unpaired) electrons. The van der Waals surface area contributed by atoms with Gasteiger partial charge >= 0.3 is 17.9 Å². The number of aliphatic carboxylic acids is 3. The van der Waals surface area contributed by atoms with E-state index in [4.69, 9.17) is 10.2 Å². The van der Waals surface area contributed by atoms with Crippen molar-refractivity contribution in [2.24, 2.45) is 0 Å². The van der Waals surface area contributed by atoms with Crippen molar-refractivity contribution < 1.29 is 29.7 Å². The molecule has 7 nitrogen and oxygen atoms in total. The van der Waals surface area contributed by atoms with Gasteiger partial charge in [-0.2, -0.15) is 0 Å². The predicted molar refractivity (Wildman–Crippen MR) is 90.1 cm³/mol. The Morgan fingerprint density at radius 2 is 1.33 bits per heavy atom. The van der Waals surface area contributed by atoms with Crippen molar-refractivity contribution in [1.29, 1.82) is 0 Å². The number of carboxylic acids is 3. The first-order valence-corrected chi connectivity index (χ1v) is 8.78. The SMILES string of the molecule is CCCCCCCCCCN(CCC(=O)O)[C@@H](CC(=O)O)C(=O)O. The highest BCUT2D eigenvalue weighted by Gasteiger charge is 2.28. The zero-order valence-corrected chi connectivity index (χ0v) is 14.6. The fraction of sp³-hybridized carbons (Fsp3) is 0.824. The summed E-state index contributed by atoms with van der Waals surface area (Å²) in [5, 5.41) is 26.9. The summed E-state index contributed by atoms with van der Waals surface area (Å²) in [5.74, 6) is -3.43. The Hall–Kier alpha value is -1.63. The summed E-state index contributed by atoms with van der Waals surface area (Å²) >= 11 is 0. The molecule has 0 unspecified atom stereocenters. The summed E-state index contributed by atoms with van der Waals surface area (Å²) in [6.07, 6.45) is 8.07. The zero-order chi connectivity index (χ0) is 18.4. The van der Waals surface area contributed by atoms with Crippen LogP contribution in [0.3, 0.4) is 0 Å². The lowest BCUT2D eigenvalue weighted by molar-refractivity contribution is -0.150. The summed E-state index contributed by atoms with van der Waals surface area (Å²) in [5.41, 5.74) is 0. The Bertz CT molecular complexity index is 385. The van der Waals surface area contributed by atoms with Gasteiger partial charge in [-0.25, -0.2) is 0 Å². The molecular weight excluding hydrogens is 314 g/mol. The second-order valence-corrected chi connectivity index (χ2v) is 6.11. The van der Waals surface area contributed by atoms with Crippen molar-refractivity contribution in [2.75, 3.05) is 13.1 Å². The number of unbranched alkanes of at least 4 members (excludes halogenated alkanes) is 7. The van der Waals surface area contributed by atoms with Crippen LogP contribution in [0.15, 0.2) is 0 Å². The van der Waals surface area contributed by atoms with Crippen LogP contribution in [0.2, 0.25) is 0 Å². The second-order valence-electron chi connectivity index (χ2n) is 6.11. The number of hydrogen-bond acceptors (Lipinski definition) is 4. The third kappa shape index (κ3) is 11.9. The molecule has 0 heterocycles. The molecule has 0 aromatic carbocycles. The average molecular weight is 345 g/mol. The molecule has 0 bridgehead atoms. The van der Waals surface area contributed by atoms with Gasteiger partial charge in [-0.1, -0.05) is 51.9 Å². The van der Waals surface area contributed by atoms with Gasteiger partial charge in [0.2, 0.25) is 0 Å². The Balaban J connectivity index is 4.31. The van der Waals surface area contributed by atoms with Crippen LogP contribution in [0.25, 0.3) is 0 Å². The Morgan fingerprint density at radius 1 is 0.792 bits per heavy atom. The van der Waals surface area contributed by atoms with E-state index in [1.165, 1.54) is 30.6 Å². The largest absolute Gasteiger partial charge is 0.481 e. The van der Waals surface area contributed by atoms with E-state index in [9.17, 15) is 19.5 Å². The molecule has 140 valence electrons. The van der Waals surface area contributed by atoms with Crippen molar-refractivity contribution in [3.05, 3.63) is 0 Å². The van der Waals surface area contributed by atoms with Crippen molar-refractivity contribution in [3.8, 4) is 0 Å². The first kappa shape index (κ1) is 22.4. The molecule has 0 rings (SSSR count). The maximum Gasteiger partial charge on any atom is 0.321 e. The molecule has 1 atom stereocenters. The van der Waals surface area contributed by atoms with Gasteiger partial charge in [-0.3, -0.25) is 19.3 Å². The van der Waals surface area contributed by atoms with Crippen LogP contribution in [0.5, 0.6) is 0 Å². The minimum absolute atomic E-state index is 0.0517. The lowest BCUT2D eigenvalue weighted by atomic mass is 10.1. The third-order valence-corrected chi connectivity index (χ3v) is 4.01. The van der Waals surface area contributed by atoms with E-state index in [0.717, 1.165) is 25.7 Å². The van der Waals surface area contributed by atoms with E-state index in [-0.39, 0.29) is 13.0 Å². The molecule has 0 amide bonds. The van der Waals surface area contributed by atoms with Crippen molar-refractivity contribution in [2.45, 2.75) is 77.2 Å². The molecule has 24 heavy (non-hydrogen) atoms. The number of nitrogens with zero attached hydrogens (tertiary/aromatic N) is 1. The molecule has 0 aliphatic rings. The highest BCUT2D eigenvalue weighted by molar-refractivity contribution is 5.80.